The monoisotopic (exact) mass is 442 g/mol. The number of carbonyl (C=O) groups is 1. The number of thiazole rings is 1. The molecule has 5 nitrogen and oxygen atoms in total. The summed E-state index contributed by atoms with van der Waals surface area (Å²) in [6, 6.07) is 16.1. The number of hydrogen-bond acceptors (Lipinski definition) is 4. The van der Waals surface area contributed by atoms with E-state index >= 15 is 0 Å². The number of halogens is 2. The van der Waals surface area contributed by atoms with Crippen LogP contribution in [0.5, 0.6) is 0 Å². The molecule has 0 unspecified atom stereocenters. The van der Waals surface area contributed by atoms with Crippen molar-refractivity contribution in [2.45, 2.75) is 0 Å². The molecular formula is C21H12Cl2N2O3S. The first-order valence-corrected chi connectivity index (χ1v) is 10.0. The van der Waals surface area contributed by atoms with Gasteiger partial charge in [0.25, 0.3) is 5.56 Å². The van der Waals surface area contributed by atoms with Gasteiger partial charge in [0.15, 0.2) is 4.96 Å². The number of rotatable bonds is 4. The summed E-state index contributed by atoms with van der Waals surface area (Å²) < 4.78 is 1.24. The van der Waals surface area contributed by atoms with Gasteiger partial charge in [-0.2, -0.15) is 0 Å². The predicted octanol–water partition coefficient (Wildman–Crippen LogP) is 5.60. The molecule has 29 heavy (non-hydrogen) atoms. The Morgan fingerprint density at radius 2 is 1.72 bits per heavy atom. The lowest BCUT2D eigenvalue weighted by molar-refractivity contribution is 0.0702. The van der Waals surface area contributed by atoms with Crippen molar-refractivity contribution in [1.29, 1.82) is 0 Å². The van der Waals surface area contributed by atoms with Crippen LogP contribution in [0, 0.1) is 0 Å². The van der Waals surface area contributed by atoms with E-state index in [0.717, 1.165) is 16.9 Å². The minimum absolute atomic E-state index is 0.00261. The number of aromatic carboxylic acids is 1. The first-order valence-electron chi connectivity index (χ1n) is 8.43. The fraction of sp³-hybridized carbons (Fsp3) is 0. The molecule has 0 saturated heterocycles. The smallest absolute Gasteiger partial charge is 0.348 e. The maximum absolute atomic E-state index is 13.0. The van der Waals surface area contributed by atoms with E-state index in [1.165, 1.54) is 4.40 Å². The summed E-state index contributed by atoms with van der Waals surface area (Å²) in [6.07, 6.45) is 3.43. The van der Waals surface area contributed by atoms with Gasteiger partial charge in [-0.15, -0.1) is 0 Å². The van der Waals surface area contributed by atoms with Gasteiger partial charge in [0, 0.05) is 10.6 Å². The van der Waals surface area contributed by atoms with Gasteiger partial charge < -0.3 is 5.11 Å². The van der Waals surface area contributed by atoms with Crippen LogP contribution in [0.1, 0.15) is 20.9 Å². The van der Waals surface area contributed by atoms with Gasteiger partial charge in [0.1, 0.15) is 9.90 Å². The Hall–Kier alpha value is -2.93. The lowest BCUT2D eigenvalue weighted by Gasteiger charge is -2.05. The fourth-order valence-electron chi connectivity index (χ4n) is 2.87. The molecule has 0 spiro atoms. The lowest BCUT2D eigenvalue weighted by atomic mass is 10.1. The molecule has 0 amide bonds. The van der Waals surface area contributed by atoms with E-state index in [9.17, 15) is 14.7 Å². The molecule has 1 N–H and O–H groups in total. The molecule has 0 saturated carbocycles. The SMILES string of the molecule is O=C(O)c1sc2nc(/C=C/c3ccccc3)c(Cl)c(=O)n2c1-c1ccc(Cl)cc1. The van der Waals surface area contributed by atoms with Crippen LogP contribution in [-0.4, -0.2) is 20.5 Å². The minimum Gasteiger partial charge on any atom is -0.477 e. The van der Waals surface area contributed by atoms with Crippen LogP contribution in [-0.2, 0) is 0 Å². The minimum atomic E-state index is -1.15. The zero-order valence-electron chi connectivity index (χ0n) is 14.7. The zero-order valence-corrected chi connectivity index (χ0v) is 17.0. The van der Waals surface area contributed by atoms with E-state index in [1.54, 1.807) is 36.4 Å². The van der Waals surface area contributed by atoms with Gasteiger partial charge in [0.05, 0.1) is 11.4 Å². The molecule has 0 radical (unpaired) electrons. The molecule has 0 fully saturated rings. The maximum Gasteiger partial charge on any atom is 0.348 e. The van der Waals surface area contributed by atoms with Crippen molar-refractivity contribution in [2.24, 2.45) is 0 Å². The second kappa shape index (κ2) is 7.83. The molecule has 2 heterocycles. The van der Waals surface area contributed by atoms with Crippen molar-refractivity contribution >= 4 is 57.6 Å². The Morgan fingerprint density at radius 3 is 2.38 bits per heavy atom. The van der Waals surface area contributed by atoms with Gasteiger partial charge in [-0.05, 0) is 23.8 Å². The number of benzene rings is 2. The molecule has 4 rings (SSSR count). The number of carboxylic acid groups (broad SMARTS) is 1. The quantitative estimate of drug-likeness (QED) is 0.446. The molecule has 2 aromatic heterocycles. The van der Waals surface area contributed by atoms with Gasteiger partial charge in [-0.25, -0.2) is 14.2 Å². The van der Waals surface area contributed by atoms with Gasteiger partial charge in [-0.1, -0.05) is 83.1 Å². The van der Waals surface area contributed by atoms with E-state index in [0.29, 0.717) is 10.6 Å². The first-order chi connectivity index (χ1) is 14.0. The summed E-state index contributed by atoms with van der Waals surface area (Å²) in [6.45, 7) is 0. The van der Waals surface area contributed by atoms with Crippen molar-refractivity contribution < 1.29 is 9.90 Å². The van der Waals surface area contributed by atoms with E-state index in [-0.39, 0.29) is 26.2 Å². The summed E-state index contributed by atoms with van der Waals surface area (Å²) in [5.41, 5.74) is 1.43. The van der Waals surface area contributed by atoms with Crippen LogP contribution in [0.25, 0.3) is 28.4 Å². The number of hydrogen-bond donors (Lipinski definition) is 1. The van der Waals surface area contributed by atoms with Crippen LogP contribution >= 0.6 is 34.5 Å². The molecule has 8 heteroatoms. The summed E-state index contributed by atoms with van der Waals surface area (Å²) in [5.74, 6) is -1.15. The molecule has 0 aliphatic rings. The zero-order chi connectivity index (χ0) is 20.5. The number of carboxylic acids is 1. The second-order valence-electron chi connectivity index (χ2n) is 6.07. The van der Waals surface area contributed by atoms with Crippen LogP contribution in [0.4, 0.5) is 0 Å². The number of fused-ring (bicyclic) bond motifs is 1. The highest BCUT2D eigenvalue weighted by Crippen LogP contribution is 2.32. The van der Waals surface area contributed by atoms with Crippen LogP contribution in [0.15, 0.2) is 59.4 Å². The van der Waals surface area contributed by atoms with Gasteiger partial charge >= 0.3 is 5.97 Å². The third-order valence-corrected chi connectivity index (χ3v) is 5.84. The van der Waals surface area contributed by atoms with Crippen molar-refractivity contribution in [1.82, 2.24) is 9.38 Å². The average Bonchev–Trinajstić information content (AvgIpc) is 3.11. The van der Waals surface area contributed by atoms with Crippen molar-refractivity contribution in [2.75, 3.05) is 0 Å². The molecule has 0 bridgehead atoms. The molecule has 0 aliphatic heterocycles. The fourth-order valence-corrected chi connectivity index (χ4v) is 4.17. The van der Waals surface area contributed by atoms with Gasteiger partial charge in [-0.3, -0.25) is 4.79 Å². The van der Waals surface area contributed by atoms with Crippen LogP contribution < -0.4 is 5.56 Å². The summed E-state index contributed by atoms with van der Waals surface area (Å²) in [7, 11) is 0. The molecule has 0 atom stereocenters. The van der Waals surface area contributed by atoms with Crippen LogP contribution in [0.2, 0.25) is 10.0 Å². The predicted molar refractivity (Wildman–Crippen MR) is 117 cm³/mol. The second-order valence-corrected chi connectivity index (χ2v) is 7.86. The Labute approximate surface area is 179 Å². The third kappa shape index (κ3) is 3.70. The van der Waals surface area contributed by atoms with E-state index in [2.05, 4.69) is 4.98 Å². The lowest BCUT2D eigenvalue weighted by Crippen LogP contribution is -2.17. The maximum atomic E-state index is 13.0. The Morgan fingerprint density at radius 1 is 1.03 bits per heavy atom. The molecular weight excluding hydrogens is 431 g/mol. The van der Waals surface area contributed by atoms with Crippen molar-refractivity contribution in [3.05, 3.63) is 91.1 Å². The van der Waals surface area contributed by atoms with E-state index < -0.39 is 11.5 Å². The standard InChI is InChI=1S/C21H12Cl2N2O3S/c22-14-9-7-13(8-10-14)17-18(20(27)28)29-21-24-15(16(23)19(26)25(17)21)11-6-12-4-2-1-3-5-12/h1-11H,(H,27,28)/b11-6+. The van der Waals surface area contributed by atoms with E-state index in [1.807, 2.05) is 30.3 Å². The summed E-state index contributed by atoms with van der Waals surface area (Å²) in [4.78, 5) is 29.5. The largest absolute Gasteiger partial charge is 0.477 e. The molecule has 2 aromatic carbocycles. The number of aromatic nitrogens is 2. The Balaban J connectivity index is 1.94. The summed E-state index contributed by atoms with van der Waals surface area (Å²) in [5, 5.41) is 10.1. The molecule has 0 aliphatic carbocycles. The van der Waals surface area contributed by atoms with E-state index in [4.69, 9.17) is 23.2 Å². The first kappa shape index (κ1) is 19.4. The Bertz CT molecular complexity index is 1310. The number of nitrogens with zero attached hydrogens (tertiary/aromatic N) is 2. The summed E-state index contributed by atoms with van der Waals surface area (Å²) >= 11 is 13.2. The van der Waals surface area contributed by atoms with Gasteiger partial charge in [0.2, 0.25) is 0 Å². The van der Waals surface area contributed by atoms with Crippen LogP contribution in [0.3, 0.4) is 0 Å². The topological polar surface area (TPSA) is 71.7 Å². The molecule has 144 valence electrons. The van der Waals surface area contributed by atoms with Crippen molar-refractivity contribution in [3.8, 4) is 11.3 Å². The highest BCUT2D eigenvalue weighted by atomic mass is 35.5. The molecule has 4 aromatic rings. The van der Waals surface area contributed by atoms with Crippen molar-refractivity contribution in [3.63, 3.8) is 0 Å². The average molecular weight is 443 g/mol. The third-order valence-electron chi connectivity index (χ3n) is 4.20. The highest BCUT2D eigenvalue weighted by Gasteiger charge is 2.23. The highest BCUT2D eigenvalue weighted by molar-refractivity contribution is 7.19. The normalized spacial score (nSPS) is 11.4. The Kier molecular flexibility index (Phi) is 5.24.